The molecule has 1 rings (SSSR count). The molecule has 0 heterocycles. The average Bonchev–Trinajstić information content (AvgIpc) is 2.58. The summed E-state index contributed by atoms with van der Waals surface area (Å²) >= 11 is 0. The lowest BCUT2D eigenvalue weighted by molar-refractivity contribution is -0.121. The molecule has 0 aromatic heterocycles. The molecule has 1 aromatic rings. The molecule has 5 heteroatoms. The van der Waals surface area contributed by atoms with Crippen LogP contribution in [0.15, 0.2) is 35.3 Å². The van der Waals surface area contributed by atoms with Gasteiger partial charge in [-0.05, 0) is 18.9 Å². The summed E-state index contributed by atoms with van der Waals surface area (Å²) in [5, 5.41) is 6.19. The Morgan fingerprint density at radius 3 is 2.57 bits per heavy atom. The molecule has 0 fully saturated rings. The predicted octanol–water partition coefficient (Wildman–Crippen LogP) is 2.39. The van der Waals surface area contributed by atoms with Crippen molar-refractivity contribution >= 4 is 11.9 Å². The topological polar surface area (TPSA) is 56.7 Å². The largest absolute Gasteiger partial charge is 0.357 e. The van der Waals surface area contributed by atoms with Gasteiger partial charge in [-0.1, -0.05) is 43.7 Å². The van der Waals surface area contributed by atoms with E-state index in [9.17, 15) is 4.79 Å². The van der Waals surface area contributed by atoms with Gasteiger partial charge in [0.15, 0.2) is 5.96 Å². The highest BCUT2D eigenvalue weighted by atomic mass is 16.1. The highest BCUT2D eigenvalue weighted by molar-refractivity contribution is 5.80. The van der Waals surface area contributed by atoms with Crippen molar-refractivity contribution in [2.75, 3.05) is 26.7 Å². The van der Waals surface area contributed by atoms with Crippen LogP contribution in [0.25, 0.3) is 0 Å². The van der Waals surface area contributed by atoms with Gasteiger partial charge in [-0.2, -0.15) is 0 Å². The SMILES string of the molecule is CCCCN(C)C(=NCCC(=O)NCc1ccccc1)NCC. The van der Waals surface area contributed by atoms with Crippen LogP contribution < -0.4 is 10.6 Å². The molecule has 0 bridgehead atoms. The van der Waals surface area contributed by atoms with Gasteiger partial charge in [-0.15, -0.1) is 0 Å². The summed E-state index contributed by atoms with van der Waals surface area (Å²) in [5.41, 5.74) is 1.11. The fourth-order valence-corrected chi connectivity index (χ4v) is 2.12. The molecule has 0 aliphatic heterocycles. The van der Waals surface area contributed by atoms with E-state index in [0.29, 0.717) is 19.5 Å². The molecule has 2 N–H and O–H groups in total. The van der Waals surface area contributed by atoms with Crippen LogP contribution >= 0.6 is 0 Å². The Balaban J connectivity index is 2.36. The van der Waals surface area contributed by atoms with Crippen LogP contribution in [-0.4, -0.2) is 43.4 Å². The molecule has 0 aliphatic carbocycles. The number of nitrogens with zero attached hydrogens (tertiary/aromatic N) is 2. The third kappa shape index (κ3) is 8.24. The van der Waals surface area contributed by atoms with Crippen molar-refractivity contribution in [1.29, 1.82) is 0 Å². The van der Waals surface area contributed by atoms with Crippen LogP contribution in [0.4, 0.5) is 0 Å². The second-order valence-electron chi connectivity index (χ2n) is 5.52. The van der Waals surface area contributed by atoms with Gasteiger partial charge in [-0.25, -0.2) is 0 Å². The summed E-state index contributed by atoms with van der Waals surface area (Å²) in [6, 6.07) is 9.92. The minimum absolute atomic E-state index is 0.0321. The molecule has 0 radical (unpaired) electrons. The van der Waals surface area contributed by atoms with E-state index in [4.69, 9.17) is 0 Å². The minimum Gasteiger partial charge on any atom is -0.357 e. The zero-order valence-electron chi connectivity index (χ0n) is 14.6. The van der Waals surface area contributed by atoms with Gasteiger partial charge in [0, 0.05) is 33.1 Å². The zero-order valence-corrected chi connectivity index (χ0v) is 14.6. The Morgan fingerprint density at radius 2 is 1.91 bits per heavy atom. The Bertz CT molecular complexity index is 473. The summed E-state index contributed by atoms with van der Waals surface area (Å²) in [5.74, 6) is 0.904. The smallest absolute Gasteiger partial charge is 0.222 e. The normalized spacial score (nSPS) is 11.2. The molecule has 128 valence electrons. The van der Waals surface area contributed by atoms with Crippen LogP contribution in [-0.2, 0) is 11.3 Å². The van der Waals surface area contributed by atoms with E-state index in [2.05, 4.69) is 34.4 Å². The van der Waals surface area contributed by atoms with Gasteiger partial charge >= 0.3 is 0 Å². The number of guanidine groups is 1. The van der Waals surface area contributed by atoms with Crippen LogP contribution in [0.1, 0.15) is 38.7 Å². The number of carbonyl (C=O) groups is 1. The van der Waals surface area contributed by atoms with E-state index in [1.165, 1.54) is 0 Å². The number of nitrogens with one attached hydrogen (secondary N) is 2. The van der Waals surface area contributed by atoms with E-state index >= 15 is 0 Å². The first-order valence-electron chi connectivity index (χ1n) is 8.47. The van der Waals surface area contributed by atoms with Gasteiger partial charge < -0.3 is 15.5 Å². The minimum atomic E-state index is 0.0321. The standard InChI is InChI=1S/C18H30N4O/c1-4-6-14-22(3)18(19-5-2)20-13-12-17(23)21-15-16-10-8-7-9-11-16/h7-11H,4-6,12-15H2,1-3H3,(H,19,20)(H,21,23). The summed E-state index contributed by atoms with van der Waals surface area (Å²) in [6.07, 6.45) is 2.70. The van der Waals surface area contributed by atoms with Gasteiger partial charge in [0.2, 0.25) is 5.91 Å². The van der Waals surface area contributed by atoms with Crippen molar-refractivity contribution in [3.8, 4) is 0 Å². The zero-order chi connectivity index (χ0) is 16.9. The van der Waals surface area contributed by atoms with E-state index in [1.807, 2.05) is 37.4 Å². The third-order valence-electron chi connectivity index (χ3n) is 3.48. The van der Waals surface area contributed by atoms with Gasteiger partial charge in [0.25, 0.3) is 0 Å². The van der Waals surface area contributed by atoms with Gasteiger partial charge in [0.05, 0.1) is 6.54 Å². The average molecular weight is 318 g/mol. The highest BCUT2D eigenvalue weighted by Gasteiger charge is 2.05. The van der Waals surface area contributed by atoms with Gasteiger partial charge in [-0.3, -0.25) is 9.79 Å². The first kappa shape index (κ1) is 19.0. The summed E-state index contributed by atoms with van der Waals surface area (Å²) in [4.78, 5) is 18.5. The quantitative estimate of drug-likeness (QED) is 0.543. The van der Waals surface area contributed by atoms with E-state index in [-0.39, 0.29) is 5.91 Å². The van der Waals surface area contributed by atoms with Crippen LogP contribution in [0, 0.1) is 0 Å². The molecule has 0 atom stereocenters. The first-order valence-corrected chi connectivity index (χ1v) is 8.47. The number of aliphatic imine (C=N–C) groups is 1. The molecule has 1 amide bonds. The number of hydrogen-bond donors (Lipinski definition) is 2. The fourth-order valence-electron chi connectivity index (χ4n) is 2.12. The van der Waals surface area contributed by atoms with Crippen molar-refractivity contribution in [2.24, 2.45) is 4.99 Å². The summed E-state index contributed by atoms with van der Waals surface area (Å²) in [7, 11) is 2.03. The molecule has 0 saturated heterocycles. The van der Waals surface area contributed by atoms with Crippen molar-refractivity contribution in [2.45, 2.75) is 39.7 Å². The number of hydrogen-bond acceptors (Lipinski definition) is 2. The van der Waals surface area contributed by atoms with Crippen molar-refractivity contribution in [3.63, 3.8) is 0 Å². The Morgan fingerprint density at radius 1 is 1.17 bits per heavy atom. The number of rotatable bonds is 9. The molecule has 0 spiro atoms. The Labute approximate surface area is 140 Å². The van der Waals surface area contributed by atoms with E-state index in [0.717, 1.165) is 37.5 Å². The lowest BCUT2D eigenvalue weighted by Crippen LogP contribution is -2.39. The second-order valence-corrected chi connectivity index (χ2v) is 5.52. The molecular formula is C18H30N4O. The monoisotopic (exact) mass is 318 g/mol. The van der Waals surface area contributed by atoms with E-state index in [1.54, 1.807) is 0 Å². The van der Waals surface area contributed by atoms with E-state index < -0.39 is 0 Å². The summed E-state index contributed by atoms with van der Waals surface area (Å²) < 4.78 is 0. The Hall–Kier alpha value is -2.04. The number of unbranched alkanes of at least 4 members (excludes halogenated alkanes) is 1. The van der Waals surface area contributed by atoms with Gasteiger partial charge in [0.1, 0.15) is 0 Å². The first-order chi connectivity index (χ1) is 11.2. The van der Waals surface area contributed by atoms with Crippen LogP contribution in [0.5, 0.6) is 0 Å². The molecule has 1 aromatic carbocycles. The molecule has 0 unspecified atom stereocenters. The molecule has 5 nitrogen and oxygen atoms in total. The number of carbonyl (C=O) groups excluding carboxylic acids is 1. The lowest BCUT2D eigenvalue weighted by atomic mass is 10.2. The lowest BCUT2D eigenvalue weighted by Gasteiger charge is -2.21. The second kappa shape index (κ2) is 11.5. The van der Waals surface area contributed by atoms with Crippen molar-refractivity contribution in [3.05, 3.63) is 35.9 Å². The fraction of sp³-hybridized carbons (Fsp3) is 0.556. The molecule has 0 saturated carbocycles. The summed E-state index contributed by atoms with van der Waals surface area (Å²) in [6.45, 7) is 7.10. The molecular weight excluding hydrogens is 288 g/mol. The maximum absolute atomic E-state index is 11.9. The molecule has 23 heavy (non-hydrogen) atoms. The third-order valence-corrected chi connectivity index (χ3v) is 3.48. The van der Waals surface area contributed by atoms with Crippen molar-refractivity contribution in [1.82, 2.24) is 15.5 Å². The van der Waals surface area contributed by atoms with Crippen LogP contribution in [0.2, 0.25) is 0 Å². The number of amides is 1. The predicted molar refractivity (Wildman–Crippen MR) is 96.4 cm³/mol. The molecule has 0 aliphatic rings. The Kier molecular flexibility index (Phi) is 9.52. The van der Waals surface area contributed by atoms with Crippen molar-refractivity contribution < 1.29 is 4.79 Å². The maximum atomic E-state index is 11.9. The highest BCUT2D eigenvalue weighted by Crippen LogP contribution is 1.98. The van der Waals surface area contributed by atoms with Crippen LogP contribution in [0.3, 0.4) is 0 Å². The maximum Gasteiger partial charge on any atom is 0.222 e. The number of benzene rings is 1.